The molecule has 0 rings (SSSR count). The monoisotopic (exact) mass is 162 g/mol. The molecular formula is C7H18N2O2. The third kappa shape index (κ3) is 6.25. The molecule has 4 nitrogen and oxygen atoms in total. The first kappa shape index (κ1) is 10.8. The molecule has 4 heteroatoms. The van der Waals surface area contributed by atoms with Crippen molar-refractivity contribution >= 4 is 0 Å². The van der Waals surface area contributed by atoms with Gasteiger partial charge in [-0.05, 0) is 13.8 Å². The first-order chi connectivity index (χ1) is 5.20. The van der Waals surface area contributed by atoms with Gasteiger partial charge in [0, 0.05) is 20.9 Å². The van der Waals surface area contributed by atoms with E-state index in [4.69, 9.17) is 9.47 Å². The van der Waals surface area contributed by atoms with Crippen LogP contribution in [0.25, 0.3) is 0 Å². The zero-order chi connectivity index (χ0) is 8.69. The van der Waals surface area contributed by atoms with Crippen LogP contribution in [0.5, 0.6) is 0 Å². The standard InChI is InChI=1S/C7H18N2O2/c1-6(10-3)8-5-9-7(2)11-4/h6-9H,5H2,1-4H3/t6-,7+. The number of methoxy groups -OCH3 is 2. The van der Waals surface area contributed by atoms with Crippen LogP contribution in [0.4, 0.5) is 0 Å². The van der Waals surface area contributed by atoms with Gasteiger partial charge in [0.15, 0.2) is 0 Å². The van der Waals surface area contributed by atoms with Crippen LogP contribution in [-0.2, 0) is 9.47 Å². The summed E-state index contributed by atoms with van der Waals surface area (Å²) in [6, 6.07) is 0. The predicted molar refractivity (Wildman–Crippen MR) is 44.1 cm³/mol. The van der Waals surface area contributed by atoms with Gasteiger partial charge in [0.05, 0.1) is 0 Å². The van der Waals surface area contributed by atoms with E-state index in [1.54, 1.807) is 14.2 Å². The van der Waals surface area contributed by atoms with E-state index in [9.17, 15) is 0 Å². The second-order valence-corrected chi connectivity index (χ2v) is 2.34. The fourth-order valence-corrected chi connectivity index (χ4v) is 0.513. The Morgan fingerprint density at radius 3 is 1.64 bits per heavy atom. The van der Waals surface area contributed by atoms with Crippen molar-refractivity contribution in [1.82, 2.24) is 10.6 Å². The fourth-order valence-electron chi connectivity index (χ4n) is 0.513. The fraction of sp³-hybridized carbons (Fsp3) is 1.00. The van der Waals surface area contributed by atoms with Gasteiger partial charge in [-0.2, -0.15) is 0 Å². The Bertz CT molecular complexity index is 80.5. The summed E-state index contributed by atoms with van der Waals surface area (Å²) in [5.41, 5.74) is 0. The number of hydrogen-bond donors (Lipinski definition) is 2. The van der Waals surface area contributed by atoms with Crippen LogP contribution in [0.2, 0.25) is 0 Å². The molecule has 0 bridgehead atoms. The molecule has 0 spiro atoms. The summed E-state index contributed by atoms with van der Waals surface area (Å²) in [5, 5.41) is 6.17. The molecule has 0 fully saturated rings. The van der Waals surface area contributed by atoms with Crippen LogP contribution in [0.15, 0.2) is 0 Å². The second kappa shape index (κ2) is 6.54. The second-order valence-electron chi connectivity index (χ2n) is 2.34. The maximum absolute atomic E-state index is 4.97. The molecule has 0 aliphatic carbocycles. The van der Waals surface area contributed by atoms with Crippen molar-refractivity contribution in [1.29, 1.82) is 0 Å². The highest BCUT2D eigenvalue weighted by molar-refractivity contribution is 4.48. The molecule has 0 aromatic carbocycles. The maximum atomic E-state index is 4.97. The lowest BCUT2D eigenvalue weighted by Gasteiger charge is -2.15. The van der Waals surface area contributed by atoms with Crippen LogP contribution in [0, 0.1) is 0 Å². The summed E-state index contributed by atoms with van der Waals surface area (Å²) in [4.78, 5) is 0. The highest BCUT2D eigenvalue weighted by atomic mass is 16.5. The number of nitrogens with one attached hydrogen (secondary N) is 2. The number of rotatable bonds is 6. The van der Waals surface area contributed by atoms with Crippen molar-refractivity contribution in [2.45, 2.75) is 26.3 Å². The molecule has 0 aromatic rings. The van der Waals surface area contributed by atoms with Crippen molar-refractivity contribution in [3.05, 3.63) is 0 Å². The van der Waals surface area contributed by atoms with E-state index in [0.717, 1.165) is 0 Å². The van der Waals surface area contributed by atoms with Gasteiger partial charge in [-0.15, -0.1) is 0 Å². The molecule has 2 N–H and O–H groups in total. The molecule has 0 saturated heterocycles. The SMILES string of the molecule is CO[C@H](C)NCN[C@H](C)OC. The predicted octanol–water partition coefficient (Wildman–Crippen LogP) is 0.108. The minimum Gasteiger partial charge on any atom is -0.367 e. The topological polar surface area (TPSA) is 42.5 Å². The summed E-state index contributed by atoms with van der Waals surface area (Å²) in [6.07, 6.45) is 0.151. The zero-order valence-corrected chi connectivity index (χ0v) is 7.68. The lowest BCUT2D eigenvalue weighted by molar-refractivity contribution is 0.0615. The van der Waals surface area contributed by atoms with Gasteiger partial charge in [-0.1, -0.05) is 0 Å². The lowest BCUT2D eigenvalue weighted by Crippen LogP contribution is -2.40. The van der Waals surface area contributed by atoms with E-state index >= 15 is 0 Å². The Hall–Kier alpha value is -0.160. The van der Waals surface area contributed by atoms with Crippen molar-refractivity contribution in [2.75, 3.05) is 20.9 Å². The summed E-state index contributed by atoms with van der Waals surface area (Å²) < 4.78 is 9.95. The van der Waals surface area contributed by atoms with Crippen molar-refractivity contribution in [3.8, 4) is 0 Å². The van der Waals surface area contributed by atoms with Crippen LogP contribution in [0.1, 0.15) is 13.8 Å². The first-order valence-corrected chi connectivity index (χ1v) is 3.73. The summed E-state index contributed by atoms with van der Waals surface area (Å²) >= 11 is 0. The minimum atomic E-state index is 0.0755. The summed E-state index contributed by atoms with van der Waals surface area (Å²) in [6.45, 7) is 4.57. The molecule has 0 saturated carbocycles. The molecule has 0 aromatic heterocycles. The third-order valence-corrected chi connectivity index (χ3v) is 1.49. The van der Waals surface area contributed by atoms with Crippen molar-refractivity contribution in [2.24, 2.45) is 0 Å². The number of hydrogen-bond acceptors (Lipinski definition) is 4. The van der Waals surface area contributed by atoms with Gasteiger partial charge in [0.25, 0.3) is 0 Å². The third-order valence-electron chi connectivity index (χ3n) is 1.49. The molecular weight excluding hydrogens is 144 g/mol. The summed E-state index contributed by atoms with van der Waals surface area (Å²) in [7, 11) is 3.33. The molecule has 0 heterocycles. The van der Waals surface area contributed by atoms with E-state index < -0.39 is 0 Å². The van der Waals surface area contributed by atoms with Crippen LogP contribution in [0.3, 0.4) is 0 Å². The Morgan fingerprint density at radius 2 is 1.36 bits per heavy atom. The van der Waals surface area contributed by atoms with Gasteiger partial charge < -0.3 is 9.47 Å². The molecule has 11 heavy (non-hydrogen) atoms. The zero-order valence-electron chi connectivity index (χ0n) is 7.68. The van der Waals surface area contributed by atoms with Crippen molar-refractivity contribution in [3.63, 3.8) is 0 Å². The van der Waals surface area contributed by atoms with Gasteiger partial charge in [0.1, 0.15) is 12.5 Å². The van der Waals surface area contributed by atoms with Gasteiger partial charge >= 0.3 is 0 Å². The van der Waals surface area contributed by atoms with E-state index in [1.165, 1.54) is 0 Å². The quantitative estimate of drug-likeness (QED) is 0.544. The van der Waals surface area contributed by atoms with E-state index in [-0.39, 0.29) is 12.5 Å². The normalized spacial score (nSPS) is 16.4. The average molecular weight is 162 g/mol. The van der Waals surface area contributed by atoms with Crippen LogP contribution < -0.4 is 10.6 Å². The smallest absolute Gasteiger partial charge is 0.105 e. The van der Waals surface area contributed by atoms with Crippen LogP contribution >= 0.6 is 0 Å². The number of ether oxygens (including phenoxy) is 2. The Morgan fingerprint density at radius 1 is 1.00 bits per heavy atom. The first-order valence-electron chi connectivity index (χ1n) is 3.73. The van der Waals surface area contributed by atoms with Crippen LogP contribution in [-0.4, -0.2) is 33.3 Å². The minimum absolute atomic E-state index is 0.0755. The van der Waals surface area contributed by atoms with E-state index in [1.807, 2.05) is 13.8 Å². The summed E-state index contributed by atoms with van der Waals surface area (Å²) in [5.74, 6) is 0. The van der Waals surface area contributed by atoms with E-state index in [0.29, 0.717) is 6.67 Å². The average Bonchev–Trinajstić information content (AvgIpc) is 2.04. The molecule has 68 valence electrons. The molecule has 0 unspecified atom stereocenters. The highest BCUT2D eigenvalue weighted by Crippen LogP contribution is 1.80. The largest absolute Gasteiger partial charge is 0.367 e. The van der Waals surface area contributed by atoms with Gasteiger partial charge in [-0.3, -0.25) is 10.6 Å². The Kier molecular flexibility index (Phi) is 6.45. The van der Waals surface area contributed by atoms with E-state index in [2.05, 4.69) is 10.6 Å². The molecule has 0 radical (unpaired) electrons. The molecule has 0 amide bonds. The Balaban J connectivity index is 3.13. The Labute approximate surface area is 68.3 Å². The molecule has 0 aliphatic heterocycles. The molecule has 2 atom stereocenters. The van der Waals surface area contributed by atoms with Gasteiger partial charge in [-0.25, -0.2) is 0 Å². The highest BCUT2D eigenvalue weighted by Gasteiger charge is 1.98. The maximum Gasteiger partial charge on any atom is 0.105 e. The lowest BCUT2D eigenvalue weighted by atomic mass is 10.6. The van der Waals surface area contributed by atoms with Gasteiger partial charge in [0.2, 0.25) is 0 Å². The van der Waals surface area contributed by atoms with Crippen molar-refractivity contribution < 1.29 is 9.47 Å². The molecule has 0 aliphatic rings.